The van der Waals surface area contributed by atoms with Crippen molar-refractivity contribution in [2.45, 2.75) is 38.6 Å². The van der Waals surface area contributed by atoms with Crippen molar-refractivity contribution in [3.63, 3.8) is 0 Å². The Kier molecular flexibility index (Phi) is 6.48. The van der Waals surface area contributed by atoms with Gasteiger partial charge in [0.15, 0.2) is 0 Å². The summed E-state index contributed by atoms with van der Waals surface area (Å²) in [5.74, 6) is 0.0473. The number of hydrogen-bond acceptors (Lipinski definition) is 4. The van der Waals surface area contributed by atoms with Gasteiger partial charge >= 0.3 is 0 Å². The van der Waals surface area contributed by atoms with Crippen LogP contribution in [-0.2, 0) is 24.1 Å². The fraction of sp³-hybridized carbons (Fsp3) is 0.450. The lowest BCUT2D eigenvalue weighted by atomic mass is 9.95. The van der Waals surface area contributed by atoms with Crippen LogP contribution in [-0.4, -0.2) is 26.2 Å². The molecule has 1 aromatic carbocycles. The second kappa shape index (κ2) is 9.02. The molecule has 1 aliphatic carbocycles. The number of thiophene rings is 1. The number of carbonyl (C=O) groups is 1. The zero-order chi connectivity index (χ0) is 17.5. The SMILES string of the molecule is COCCCNC(=O)c1c(NCc2ccccc2)sc2c1CCCC2. The average Bonchev–Trinajstić information content (AvgIpc) is 3.03. The van der Waals surface area contributed by atoms with Gasteiger partial charge < -0.3 is 15.4 Å². The van der Waals surface area contributed by atoms with Crippen LogP contribution in [0.2, 0.25) is 0 Å². The average molecular weight is 359 g/mol. The van der Waals surface area contributed by atoms with Gasteiger partial charge in [-0.05, 0) is 43.2 Å². The number of ether oxygens (including phenoxy) is 1. The van der Waals surface area contributed by atoms with Crippen LogP contribution in [0.3, 0.4) is 0 Å². The molecule has 2 aromatic rings. The number of rotatable bonds is 8. The fourth-order valence-electron chi connectivity index (χ4n) is 3.22. The molecule has 1 heterocycles. The van der Waals surface area contributed by atoms with Gasteiger partial charge in [0, 0.05) is 31.7 Å². The zero-order valence-electron chi connectivity index (χ0n) is 14.8. The quantitative estimate of drug-likeness (QED) is 0.701. The van der Waals surface area contributed by atoms with Gasteiger partial charge in [0.25, 0.3) is 5.91 Å². The van der Waals surface area contributed by atoms with Crippen molar-refractivity contribution >= 4 is 22.2 Å². The van der Waals surface area contributed by atoms with Crippen LogP contribution < -0.4 is 10.6 Å². The first-order valence-corrected chi connectivity index (χ1v) is 9.80. The highest BCUT2D eigenvalue weighted by Crippen LogP contribution is 2.38. The standard InChI is InChI=1S/C20H26N2O2S/c1-24-13-7-12-21-19(23)18-16-10-5-6-11-17(16)25-20(18)22-14-15-8-3-2-4-9-15/h2-4,8-9,22H,5-7,10-14H2,1H3,(H,21,23). The molecule has 0 atom stereocenters. The lowest BCUT2D eigenvalue weighted by Gasteiger charge is -2.13. The maximum absolute atomic E-state index is 12.8. The Balaban J connectivity index is 1.74. The van der Waals surface area contributed by atoms with Crippen LogP contribution in [0.25, 0.3) is 0 Å². The first kappa shape index (κ1) is 18.0. The molecule has 0 unspecified atom stereocenters. The highest BCUT2D eigenvalue weighted by molar-refractivity contribution is 7.16. The predicted molar refractivity (Wildman–Crippen MR) is 104 cm³/mol. The van der Waals surface area contributed by atoms with Gasteiger partial charge in [-0.2, -0.15) is 0 Å². The normalized spacial score (nSPS) is 13.3. The number of anilines is 1. The van der Waals surface area contributed by atoms with Crippen LogP contribution >= 0.6 is 11.3 Å². The van der Waals surface area contributed by atoms with E-state index in [2.05, 4.69) is 22.8 Å². The summed E-state index contributed by atoms with van der Waals surface area (Å²) in [5, 5.41) is 7.57. The Bertz CT molecular complexity index is 697. The number of carbonyl (C=O) groups excluding carboxylic acids is 1. The van der Waals surface area contributed by atoms with E-state index >= 15 is 0 Å². The summed E-state index contributed by atoms with van der Waals surface area (Å²) in [6.07, 6.45) is 5.34. The highest BCUT2D eigenvalue weighted by Gasteiger charge is 2.25. The van der Waals surface area contributed by atoms with Crippen molar-refractivity contribution in [3.05, 3.63) is 51.9 Å². The van der Waals surface area contributed by atoms with E-state index in [1.54, 1.807) is 18.4 Å². The minimum atomic E-state index is 0.0473. The number of benzene rings is 1. The minimum Gasteiger partial charge on any atom is -0.385 e. The largest absolute Gasteiger partial charge is 0.385 e. The smallest absolute Gasteiger partial charge is 0.254 e. The molecule has 25 heavy (non-hydrogen) atoms. The van der Waals surface area contributed by atoms with E-state index in [4.69, 9.17) is 4.74 Å². The Morgan fingerprint density at radius 1 is 1.20 bits per heavy atom. The number of amides is 1. The van der Waals surface area contributed by atoms with Crippen LogP contribution in [0.4, 0.5) is 5.00 Å². The Morgan fingerprint density at radius 3 is 2.80 bits per heavy atom. The lowest BCUT2D eigenvalue weighted by molar-refractivity contribution is 0.0948. The molecule has 0 spiro atoms. The first-order valence-electron chi connectivity index (χ1n) is 8.99. The fourth-order valence-corrected chi connectivity index (χ4v) is 4.50. The Hall–Kier alpha value is -1.85. The third kappa shape index (κ3) is 4.61. The van der Waals surface area contributed by atoms with E-state index in [-0.39, 0.29) is 5.91 Å². The number of aryl methyl sites for hydroxylation is 1. The third-order valence-corrected chi connectivity index (χ3v) is 5.75. The summed E-state index contributed by atoms with van der Waals surface area (Å²) in [4.78, 5) is 14.2. The molecular formula is C20H26N2O2S. The maximum atomic E-state index is 12.8. The Morgan fingerprint density at radius 2 is 2.00 bits per heavy atom. The molecule has 1 aliphatic rings. The molecule has 3 rings (SSSR count). The van der Waals surface area contributed by atoms with Gasteiger partial charge in [0.2, 0.25) is 0 Å². The van der Waals surface area contributed by atoms with Crippen LogP contribution in [0, 0.1) is 0 Å². The van der Waals surface area contributed by atoms with E-state index in [0.29, 0.717) is 13.2 Å². The molecule has 5 heteroatoms. The third-order valence-electron chi connectivity index (χ3n) is 4.51. The van der Waals surface area contributed by atoms with Crippen LogP contribution in [0.1, 0.15) is 45.6 Å². The Labute approximate surface area is 153 Å². The molecular weight excluding hydrogens is 332 g/mol. The summed E-state index contributed by atoms with van der Waals surface area (Å²) in [5.41, 5.74) is 3.35. The van der Waals surface area contributed by atoms with Crippen LogP contribution in [0.5, 0.6) is 0 Å². The molecule has 0 saturated carbocycles. The first-order chi connectivity index (χ1) is 12.3. The summed E-state index contributed by atoms with van der Waals surface area (Å²) in [6, 6.07) is 10.3. The molecule has 4 nitrogen and oxygen atoms in total. The van der Waals surface area contributed by atoms with Gasteiger partial charge in [0.05, 0.1) is 5.56 Å². The van der Waals surface area contributed by atoms with E-state index in [9.17, 15) is 4.79 Å². The highest BCUT2D eigenvalue weighted by atomic mass is 32.1. The van der Waals surface area contributed by atoms with Gasteiger partial charge in [-0.3, -0.25) is 4.79 Å². The predicted octanol–water partition coefficient (Wildman–Crippen LogP) is 4.01. The van der Waals surface area contributed by atoms with E-state index in [1.807, 2.05) is 18.2 Å². The van der Waals surface area contributed by atoms with Gasteiger partial charge in [-0.25, -0.2) is 0 Å². The van der Waals surface area contributed by atoms with Crippen molar-refractivity contribution in [3.8, 4) is 0 Å². The summed E-state index contributed by atoms with van der Waals surface area (Å²) >= 11 is 1.76. The lowest BCUT2D eigenvalue weighted by Crippen LogP contribution is -2.26. The topological polar surface area (TPSA) is 50.4 Å². The monoisotopic (exact) mass is 358 g/mol. The molecule has 0 fully saturated rings. The van der Waals surface area contributed by atoms with E-state index in [1.165, 1.54) is 28.8 Å². The summed E-state index contributed by atoms with van der Waals surface area (Å²) < 4.78 is 5.05. The molecule has 0 bridgehead atoms. The van der Waals surface area contributed by atoms with Gasteiger partial charge in [-0.15, -0.1) is 11.3 Å². The molecule has 2 N–H and O–H groups in total. The van der Waals surface area contributed by atoms with Crippen molar-refractivity contribution in [2.75, 3.05) is 25.6 Å². The summed E-state index contributed by atoms with van der Waals surface area (Å²) in [6.45, 7) is 2.06. The minimum absolute atomic E-state index is 0.0473. The molecule has 1 aromatic heterocycles. The number of nitrogens with one attached hydrogen (secondary N) is 2. The molecule has 0 radical (unpaired) electrons. The van der Waals surface area contributed by atoms with Crippen molar-refractivity contribution < 1.29 is 9.53 Å². The zero-order valence-corrected chi connectivity index (χ0v) is 15.6. The van der Waals surface area contributed by atoms with Crippen molar-refractivity contribution in [1.29, 1.82) is 0 Å². The maximum Gasteiger partial charge on any atom is 0.254 e. The molecule has 134 valence electrons. The second-order valence-corrected chi connectivity index (χ2v) is 7.46. The van der Waals surface area contributed by atoms with Crippen molar-refractivity contribution in [1.82, 2.24) is 5.32 Å². The number of fused-ring (bicyclic) bond motifs is 1. The number of methoxy groups -OCH3 is 1. The summed E-state index contributed by atoms with van der Waals surface area (Å²) in [7, 11) is 1.68. The van der Waals surface area contributed by atoms with Gasteiger partial charge in [-0.1, -0.05) is 30.3 Å². The van der Waals surface area contributed by atoms with Gasteiger partial charge in [0.1, 0.15) is 5.00 Å². The number of hydrogen-bond donors (Lipinski definition) is 2. The molecule has 0 saturated heterocycles. The second-order valence-electron chi connectivity index (χ2n) is 6.36. The van der Waals surface area contributed by atoms with Crippen LogP contribution in [0.15, 0.2) is 30.3 Å². The van der Waals surface area contributed by atoms with Crippen molar-refractivity contribution in [2.24, 2.45) is 0 Å². The molecule has 0 aliphatic heterocycles. The van der Waals surface area contributed by atoms with E-state index in [0.717, 1.165) is 36.4 Å². The van der Waals surface area contributed by atoms with E-state index < -0.39 is 0 Å². The molecule has 1 amide bonds.